The third kappa shape index (κ3) is 1.63. The Morgan fingerprint density at radius 3 is 2.47 bits per heavy atom. The second kappa shape index (κ2) is 3.53. The molecular formula is C13H18OSi. The Morgan fingerprint density at radius 2 is 2.00 bits per heavy atom. The lowest BCUT2D eigenvalue weighted by molar-refractivity contribution is 0.596. The van der Waals surface area contributed by atoms with Crippen LogP contribution in [0.4, 0.5) is 0 Å². The average Bonchev–Trinajstić information content (AvgIpc) is 2.78. The van der Waals surface area contributed by atoms with E-state index in [2.05, 4.69) is 45.2 Å². The highest BCUT2D eigenvalue weighted by atomic mass is 28.3. The van der Waals surface area contributed by atoms with E-state index in [1.807, 2.05) is 6.07 Å². The Bertz CT molecular complexity index is 410. The van der Waals surface area contributed by atoms with Gasteiger partial charge in [0.15, 0.2) is 0 Å². The molecule has 0 radical (unpaired) electrons. The van der Waals surface area contributed by atoms with E-state index >= 15 is 0 Å². The van der Waals surface area contributed by atoms with Gasteiger partial charge < -0.3 is 4.42 Å². The van der Waals surface area contributed by atoms with E-state index in [1.165, 1.54) is 16.5 Å². The fourth-order valence-corrected chi connectivity index (χ4v) is 5.43. The standard InChI is InChI=1S/C13H18OSi/c1-10-7-8-12(11(10)2)15(3,4)13-6-5-9-14-13/h5-9,12H,1-4H3. The first-order chi connectivity index (χ1) is 7.03. The highest BCUT2D eigenvalue weighted by Gasteiger charge is 2.37. The number of hydrogen-bond acceptors (Lipinski definition) is 1. The molecule has 0 amide bonds. The summed E-state index contributed by atoms with van der Waals surface area (Å²) >= 11 is 0. The zero-order valence-electron chi connectivity index (χ0n) is 9.87. The first-order valence-electron chi connectivity index (χ1n) is 5.43. The van der Waals surface area contributed by atoms with Crippen LogP contribution < -0.4 is 5.38 Å². The van der Waals surface area contributed by atoms with Gasteiger partial charge in [-0.05, 0) is 26.0 Å². The molecule has 0 aliphatic heterocycles. The molecule has 80 valence electrons. The van der Waals surface area contributed by atoms with Crippen LogP contribution in [0, 0.1) is 0 Å². The summed E-state index contributed by atoms with van der Waals surface area (Å²) in [5.74, 6) is 0. The van der Waals surface area contributed by atoms with Crippen LogP contribution in [0.2, 0.25) is 18.6 Å². The first-order valence-corrected chi connectivity index (χ1v) is 8.51. The Kier molecular flexibility index (Phi) is 2.47. The van der Waals surface area contributed by atoms with Crippen LogP contribution in [0.25, 0.3) is 0 Å². The van der Waals surface area contributed by atoms with Crippen molar-refractivity contribution in [2.45, 2.75) is 32.5 Å². The second-order valence-corrected chi connectivity index (χ2v) is 9.46. The van der Waals surface area contributed by atoms with Crippen LogP contribution in [0.1, 0.15) is 13.8 Å². The molecule has 0 fully saturated rings. The molecule has 0 N–H and O–H groups in total. The molecule has 0 saturated heterocycles. The molecular weight excluding hydrogens is 200 g/mol. The predicted octanol–water partition coefficient (Wildman–Crippen LogP) is 3.47. The Balaban J connectivity index is 2.36. The van der Waals surface area contributed by atoms with Crippen LogP contribution in [0.15, 0.2) is 46.1 Å². The summed E-state index contributed by atoms with van der Waals surface area (Å²) in [6.45, 7) is 9.20. The second-order valence-electron chi connectivity index (χ2n) is 4.90. The van der Waals surface area contributed by atoms with Gasteiger partial charge in [-0.3, -0.25) is 0 Å². The minimum Gasteiger partial charge on any atom is -0.474 e. The molecule has 1 aromatic rings. The van der Waals surface area contributed by atoms with Crippen molar-refractivity contribution in [2.75, 3.05) is 0 Å². The minimum atomic E-state index is -1.51. The van der Waals surface area contributed by atoms with E-state index in [4.69, 9.17) is 4.42 Å². The first kappa shape index (κ1) is 10.5. The van der Waals surface area contributed by atoms with Crippen molar-refractivity contribution in [1.82, 2.24) is 0 Å². The molecule has 1 atom stereocenters. The Labute approximate surface area is 92.5 Å². The van der Waals surface area contributed by atoms with Crippen molar-refractivity contribution in [2.24, 2.45) is 0 Å². The topological polar surface area (TPSA) is 13.1 Å². The normalized spacial score (nSPS) is 21.5. The Hall–Kier alpha value is -1.02. The molecule has 15 heavy (non-hydrogen) atoms. The highest BCUT2D eigenvalue weighted by molar-refractivity contribution is 6.91. The maximum Gasteiger partial charge on any atom is 0.137 e. The van der Waals surface area contributed by atoms with Crippen molar-refractivity contribution in [3.63, 3.8) is 0 Å². The van der Waals surface area contributed by atoms with E-state index in [1.54, 1.807) is 6.26 Å². The lowest BCUT2D eigenvalue weighted by atomic mass is 10.2. The number of allylic oxidation sites excluding steroid dienone is 4. The van der Waals surface area contributed by atoms with Crippen molar-refractivity contribution in [3.05, 3.63) is 41.7 Å². The van der Waals surface area contributed by atoms with Crippen LogP contribution >= 0.6 is 0 Å². The third-order valence-corrected chi connectivity index (χ3v) is 7.30. The van der Waals surface area contributed by atoms with Gasteiger partial charge in [-0.2, -0.15) is 0 Å². The predicted molar refractivity (Wildman–Crippen MR) is 67.1 cm³/mol. The summed E-state index contributed by atoms with van der Waals surface area (Å²) < 4.78 is 5.60. The minimum absolute atomic E-state index is 0.601. The number of furan rings is 1. The number of hydrogen-bond donors (Lipinski definition) is 0. The maximum absolute atomic E-state index is 5.60. The molecule has 1 nitrogen and oxygen atoms in total. The molecule has 2 heteroatoms. The summed E-state index contributed by atoms with van der Waals surface area (Å²) in [5, 5.41) is 1.20. The molecule has 2 rings (SSSR count). The molecule has 1 heterocycles. The van der Waals surface area contributed by atoms with Crippen molar-refractivity contribution in [3.8, 4) is 0 Å². The molecule has 0 aromatic carbocycles. The molecule has 0 spiro atoms. The van der Waals surface area contributed by atoms with Gasteiger partial charge in [-0.1, -0.05) is 36.4 Å². The smallest absolute Gasteiger partial charge is 0.137 e. The summed E-state index contributed by atoms with van der Waals surface area (Å²) in [5.41, 5.74) is 3.54. The molecule has 1 aliphatic rings. The van der Waals surface area contributed by atoms with E-state index < -0.39 is 8.07 Å². The molecule has 1 unspecified atom stereocenters. The van der Waals surface area contributed by atoms with E-state index in [0.717, 1.165) is 0 Å². The van der Waals surface area contributed by atoms with E-state index in [0.29, 0.717) is 5.54 Å². The summed E-state index contributed by atoms with van der Waals surface area (Å²) in [6.07, 6.45) is 6.38. The van der Waals surface area contributed by atoms with Crippen LogP contribution in [-0.4, -0.2) is 8.07 Å². The largest absolute Gasteiger partial charge is 0.474 e. The fraction of sp³-hybridized carbons (Fsp3) is 0.385. The lowest BCUT2D eigenvalue weighted by Crippen LogP contribution is -2.44. The van der Waals surface area contributed by atoms with Gasteiger partial charge in [0, 0.05) is 5.54 Å². The number of rotatable bonds is 2. The molecule has 0 saturated carbocycles. The van der Waals surface area contributed by atoms with Gasteiger partial charge in [-0.25, -0.2) is 0 Å². The van der Waals surface area contributed by atoms with Gasteiger partial charge >= 0.3 is 0 Å². The molecule has 1 aliphatic carbocycles. The fourth-order valence-electron chi connectivity index (χ4n) is 2.34. The van der Waals surface area contributed by atoms with Gasteiger partial charge in [0.05, 0.1) is 11.6 Å². The Morgan fingerprint density at radius 1 is 1.27 bits per heavy atom. The van der Waals surface area contributed by atoms with Gasteiger partial charge in [0.2, 0.25) is 0 Å². The summed E-state index contributed by atoms with van der Waals surface area (Å²) in [6, 6.07) is 4.12. The zero-order valence-corrected chi connectivity index (χ0v) is 10.9. The molecule has 0 bridgehead atoms. The van der Waals surface area contributed by atoms with Gasteiger partial charge in [-0.15, -0.1) is 0 Å². The van der Waals surface area contributed by atoms with Crippen molar-refractivity contribution >= 4 is 13.5 Å². The van der Waals surface area contributed by atoms with Crippen LogP contribution in [-0.2, 0) is 0 Å². The molecule has 1 aromatic heterocycles. The highest BCUT2D eigenvalue weighted by Crippen LogP contribution is 2.37. The quantitative estimate of drug-likeness (QED) is 0.693. The van der Waals surface area contributed by atoms with Crippen molar-refractivity contribution in [1.29, 1.82) is 0 Å². The van der Waals surface area contributed by atoms with Gasteiger partial charge in [0.1, 0.15) is 8.07 Å². The lowest BCUT2D eigenvalue weighted by Gasteiger charge is -2.27. The van der Waals surface area contributed by atoms with Gasteiger partial charge in [0.25, 0.3) is 0 Å². The SMILES string of the molecule is CC1=C(C)C([Si](C)(C)c2ccco2)C=C1. The van der Waals surface area contributed by atoms with Crippen LogP contribution in [0.3, 0.4) is 0 Å². The van der Waals surface area contributed by atoms with E-state index in [-0.39, 0.29) is 0 Å². The third-order valence-electron chi connectivity index (χ3n) is 3.56. The van der Waals surface area contributed by atoms with Crippen LogP contribution in [0.5, 0.6) is 0 Å². The monoisotopic (exact) mass is 218 g/mol. The maximum atomic E-state index is 5.60. The van der Waals surface area contributed by atoms with Crippen molar-refractivity contribution < 1.29 is 4.42 Å². The van der Waals surface area contributed by atoms with E-state index in [9.17, 15) is 0 Å². The summed E-state index contributed by atoms with van der Waals surface area (Å²) in [4.78, 5) is 0. The zero-order chi connectivity index (χ0) is 11.1. The average molecular weight is 218 g/mol. The summed E-state index contributed by atoms with van der Waals surface area (Å²) in [7, 11) is -1.51.